The molecule has 0 aliphatic heterocycles. The molecule has 0 unspecified atom stereocenters. The van der Waals surface area contributed by atoms with E-state index in [4.69, 9.17) is 4.74 Å². The van der Waals surface area contributed by atoms with Crippen LogP contribution in [0, 0.1) is 13.8 Å². The number of hydrogen-bond acceptors (Lipinski definition) is 4. The Morgan fingerprint density at radius 1 is 1.10 bits per heavy atom. The normalized spacial score (nSPS) is 10.9. The van der Waals surface area contributed by atoms with Crippen LogP contribution in [0.2, 0.25) is 0 Å². The smallest absolute Gasteiger partial charge is 0.268 e. The first kappa shape index (κ1) is 19.9. The van der Waals surface area contributed by atoms with Gasteiger partial charge < -0.3 is 14.6 Å². The molecule has 2 heterocycles. The van der Waals surface area contributed by atoms with Crippen molar-refractivity contribution in [2.45, 2.75) is 20.4 Å². The van der Waals surface area contributed by atoms with E-state index in [0.29, 0.717) is 21.7 Å². The Kier molecular flexibility index (Phi) is 5.42. The van der Waals surface area contributed by atoms with E-state index >= 15 is 0 Å². The van der Waals surface area contributed by atoms with Gasteiger partial charge in [-0.2, -0.15) is 0 Å². The summed E-state index contributed by atoms with van der Waals surface area (Å²) in [5.41, 5.74) is 3.92. The quantitative estimate of drug-likeness (QED) is 0.493. The van der Waals surface area contributed by atoms with E-state index in [1.807, 2.05) is 61.7 Å². The summed E-state index contributed by atoms with van der Waals surface area (Å²) in [5.74, 6) is 0.557. The molecule has 152 valence electrons. The molecular weight excluding hydrogens is 396 g/mol. The molecule has 2 aromatic heterocycles. The number of anilines is 1. The number of carbonyl (C=O) groups is 1. The molecule has 5 nitrogen and oxygen atoms in total. The highest BCUT2D eigenvalue weighted by atomic mass is 32.1. The first-order valence-electron chi connectivity index (χ1n) is 9.59. The third-order valence-corrected chi connectivity index (χ3v) is 5.94. The van der Waals surface area contributed by atoms with Crippen molar-refractivity contribution in [3.05, 3.63) is 91.9 Å². The molecule has 0 aliphatic carbocycles. The number of benzene rings is 2. The predicted molar refractivity (Wildman–Crippen MR) is 122 cm³/mol. The van der Waals surface area contributed by atoms with Crippen LogP contribution in [0.4, 0.5) is 5.69 Å². The number of amides is 1. The largest absolute Gasteiger partial charge is 0.497 e. The summed E-state index contributed by atoms with van der Waals surface area (Å²) in [4.78, 5) is 31.4. The number of nitrogens with one attached hydrogen (secondary N) is 1. The van der Waals surface area contributed by atoms with Gasteiger partial charge in [-0.1, -0.05) is 23.8 Å². The van der Waals surface area contributed by atoms with Gasteiger partial charge in [-0.05, 0) is 60.5 Å². The van der Waals surface area contributed by atoms with Gasteiger partial charge in [0.05, 0.1) is 24.0 Å². The molecule has 1 N–H and O–H groups in total. The number of rotatable bonds is 5. The maximum atomic E-state index is 13.3. The van der Waals surface area contributed by atoms with Crippen LogP contribution in [-0.2, 0) is 6.54 Å². The van der Waals surface area contributed by atoms with Gasteiger partial charge in [0, 0.05) is 17.3 Å². The Hall–Kier alpha value is -3.38. The van der Waals surface area contributed by atoms with Crippen molar-refractivity contribution in [2.24, 2.45) is 0 Å². The molecule has 0 saturated carbocycles. The van der Waals surface area contributed by atoms with Crippen LogP contribution in [0.1, 0.15) is 26.4 Å². The molecule has 0 fully saturated rings. The molecule has 0 saturated heterocycles. The van der Waals surface area contributed by atoms with Crippen molar-refractivity contribution in [3.63, 3.8) is 0 Å². The van der Waals surface area contributed by atoms with Crippen molar-refractivity contribution in [1.82, 2.24) is 4.98 Å². The Morgan fingerprint density at radius 3 is 2.63 bits per heavy atom. The SMILES string of the molecule is COc1ccc2cc(CN(C(=O)c3cccs3)c3ccc(C)cc3C)c(=O)[nH]c2c1. The summed E-state index contributed by atoms with van der Waals surface area (Å²) in [6.07, 6.45) is 0. The molecule has 0 aliphatic rings. The summed E-state index contributed by atoms with van der Waals surface area (Å²) < 4.78 is 5.24. The fraction of sp³-hybridized carbons (Fsp3) is 0.167. The summed E-state index contributed by atoms with van der Waals surface area (Å²) >= 11 is 1.39. The van der Waals surface area contributed by atoms with E-state index in [-0.39, 0.29) is 18.0 Å². The van der Waals surface area contributed by atoms with Gasteiger partial charge in [0.25, 0.3) is 11.5 Å². The van der Waals surface area contributed by atoms with E-state index < -0.39 is 0 Å². The van der Waals surface area contributed by atoms with E-state index in [9.17, 15) is 9.59 Å². The first-order valence-corrected chi connectivity index (χ1v) is 10.5. The minimum absolute atomic E-state index is 0.119. The number of methoxy groups -OCH3 is 1. The maximum Gasteiger partial charge on any atom is 0.268 e. The van der Waals surface area contributed by atoms with Crippen molar-refractivity contribution in [3.8, 4) is 5.75 Å². The zero-order valence-corrected chi connectivity index (χ0v) is 17.9. The van der Waals surface area contributed by atoms with Gasteiger partial charge in [-0.15, -0.1) is 11.3 Å². The summed E-state index contributed by atoms with van der Waals surface area (Å²) in [6, 6.07) is 17.0. The summed E-state index contributed by atoms with van der Waals surface area (Å²) in [5, 5.41) is 2.76. The van der Waals surface area contributed by atoms with Crippen LogP contribution in [0.3, 0.4) is 0 Å². The zero-order valence-electron chi connectivity index (χ0n) is 17.1. The highest BCUT2D eigenvalue weighted by Crippen LogP contribution is 2.27. The lowest BCUT2D eigenvalue weighted by molar-refractivity contribution is 0.0989. The van der Waals surface area contributed by atoms with E-state index in [0.717, 1.165) is 22.2 Å². The third-order valence-electron chi connectivity index (χ3n) is 5.08. The van der Waals surface area contributed by atoms with Gasteiger partial charge in [-0.3, -0.25) is 9.59 Å². The number of pyridine rings is 1. The molecular formula is C24H22N2O3S. The second kappa shape index (κ2) is 8.16. The molecule has 2 aromatic carbocycles. The zero-order chi connectivity index (χ0) is 21.3. The van der Waals surface area contributed by atoms with Crippen LogP contribution in [0.5, 0.6) is 5.75 Å². The topological polar surface area (TPSA) is 62.4 Å². The van der Waals surface area contributed by atoms with Crippen LogP contribution < -0.4 is 15.2 Å². The second-order valence-electron chi connectivity index (χ2n) is 7.24. The van der Waals surface area contributed by atoms with E-state index in [1.54, 1.807) is 24.1 Å². The number of carbonyl (C=O) groups excluding carboxylic acids is 1. The standard InChI is InChI=1S/C24H22N2O3S/c1-15-6-9-21(16(2)11-15)26(24(28)22-5-4-10-30-22)14-18-12-17-7-8-19(29-3)13-20(17)25-23(18)27/h4-13H,14H2,1-3H3,(H,25,27). The minimum atomic E-state index is -0.218. The van der Waals surface area contributed by atoms with Crippen LogP contribution in [0.25, 0.3) is 10.9 Å². The number of ether oxygens (including phenoxy) is 1. The lowest BCUT2D eigenvalue weighted by atomic mass is 10.1. The third kappa shape index (κ3) is 3.86. The number of aromatic amines is 1. The predicted octanol–water partition coefficient (Wildman–Crippen LogP) is 5.06. The maximum absolute atomic E-state index is 13.3. The van der Waals surface area contributed by atoms with Crippen LogP contribution >= 0.6 is 11.3 Å². The summed E-state index contributed by atoms with van der Waals surface area (Å²) in [7, 11) is 1.59. The number of hydrogen-bond donors (Lipinski definition) is 1. The van der Waals surface area contributed by atoms with Gasteiger partial charge in [0.1, 0.15) is 5.75 Å². The molecule has 0 radical (unpaired) electrons. The fourth-order valence-electron chi connectivity index (χ4n) is 3.55. The monoisotopic (exact) mass is 418 g/mol. The average Bonchev–Trinajstić information content (AvgIpc) is 3.27. The molecule has 0 spiro atoms. The number of H-pyrrole nitrogens is 1. The molecule has 4 rings (SSSR count). The Bertz CT molecular complexity index is 1280. The van der Waals surface area contributed by atoms with E-state index in [1.165, 1.54) is 11.3 Å². The van der Waals surface area contributed by atoms with Crippen molar-refractivity contribution < 1.29 is 9.53 Å². The minimum Gasteiger partial charge on any atom is -0.497 e. The summed E-state index contributed by atoms with van der Waals surface area (Å²) in [6.45, 7) is 4.18. The molecule has 4 aromatic rings. The van der Waals surface area contributed by atoms with Crippen molar-refractivity contribution >= 4 is 33.8 Å². The number of fused-ring (bicyclic) bond motifs is 1. The van der Waals surface area contributed by atoms with Crippen LogP contribution in [-0.4, -0.2) is 18.0 Å². The van der Waals surface area contributed by atoms with Gasteiger partial charge in [-0.25, -0.2) is 0 Å². The molecule has 30 heavy (non-hydrogen) atoms. The van der Waals surface area contributed by atoms with Gasteiger partial charge in [0.15, 0.2) is 0 Å². The average molecular weight is 419 g/mol. The Balaban J connectivity index is 1.79. The van der Waals surface area contributed by atoms with Crippen LogP contribution in [0.15, 0.2) is 64.8 Å². The first-order chi connectivity index (χ1) is 14.5. The highest BCUT2D eigenvalue weighted by molar-refractivity contribution is 7.12. The number of nitrogens with zero attached hydrogens (tertiary/aromatic N) is 1. The Morgan fingerprint density at radius 2 is 1.93 bits per heavy atom. The fourth-order valence-corrected chi connectivity index (χ4v) is 4.22. The highest BCUT2D eigenvalue weighted by Gasteiger charge is 2.22. The molecule has 6 heteroatoms. The van der Waals surface area contributed by atoms with Gasteiger partial charge in [0.2, 0.25) is 0 Å². The Labute approximate surface area is 178 Å². The second-order valence-corrected chi connectivity index (χ2v) is 8.18. The van der Waals surface area contributed by atoms with Crippen molar-refractivity contribution in [1.29, 1.82) is 0 Å². The number of thiophene rings is 1. The molecule has 0 bridgehead atoms. The molecule has 0 atom stereocenters. The number of aromatic nitrogens is 1. The molecule has 1 amide bonds. The number of aryl methyl sites for hydroxylation is 2. The van der Waals surface area contributed by atoms with Gasteiger partial charge >= 0.3 is 0 Å². The lowest BCUT2D eigenvalue weighted by Crippen LogP contribution is -2.33. The lowest BCUT2D eigenvalue weighted by Gasteiger charge is -2.24. The van der Waals surface area contributed by atoms with E-state index in [2.05, 4.69) is 4.98 Å². The van der Waals surface area contributed by atoms with Crippen molar-refractivity contribution in [2.75, 3.05) is 12.0 Å².